The summed E-state index contributed by atoms with van der Waals surface area (Å²) in [6, 6.07) is 23.3. The van der Waals surface area contributed by atoms with Gasteiger partial charge in [-0.25, -0.2) is 4.98 Å². The van der Waals surface area contributed by atoms with Crippen LogP contribution in [-0.4, -0.2) is 46.9 Å². The van der Waals surface area contributed by atoms with E-state index in [0.29, 0.717) is 30.0 Å². The largest absolute Gasteiger partial charge is 0.340 e. The molecule has 0 radical (unpaired) electrons. The summed E-state index contributed by atoms with van der Waals surface area (Å²) in [5.74, 6) is 0.647. The van der Waals surface area contributed by atoms with E-state index in [0.717, 1.165) is 25.3 Å². The van der Waals surface area contributed by atoms with Crippen LogP contribution in [0.4, 0.5) is 11.5 Å². The number of nitrogens with zero attached hydrogens (tertiary/aromatic N) is 4. The number of hydrogen-bond acceptors (Lipinski definition) is 5. The third-order valence-electron chi connectivity index (χ3n) is 5.18. The van der Waals surface area contributed by atoms with Gasteiger partial charge in [-0.3, -0.25) is 9.69 Å². The van der Waals surface area contributed by atoms with Crippen molar-refractivity contribution in [2.45, 2.75) is 6.54 Å². The fourth-order valence-electron chi connectivity index (χ4n) is 3.54. The van der Waals surface area contributed by atoms with Gasteiger partial charge in [0.15, 0.2) is 0 Å². The molecule has 0 aliphatic carbocycles. The molecule has 1 amide bonds. The van der Waals surface area contributed by atoms with Gasteiger partial charge >= 0.3 is 0 Å². The monoisotopic (exact) mass is 397 g/mol. The number of aromatic nitrogens is 1. The lowest BCUT2D eigenvalue weighted by Gasteiger charge is -2.34. The third kappa shape index (κ3) is 4.83. The van der Waals surface area contributed by atoms with Gasteiger partial charge in [0, 0.05) is 44.6 Å². The summed E-state index contributed by atoms with van der Waals surface area (Å²) in [4.78, 5) is 21.5. The Hall–Kier alpha value is -3.69. The van der Waals surface area contributed by atoms with E-state index in [2.05, 4.69) is 45.5 Å². The Balaban J connectivity index is 1.32. The van der Waals surface area contributed by atoms with Gasteiger partial charge in [-0.1, -0.05) is 36.4 Å². The Bertz CT molecular complexity index is 1040. The van der Waals surface area contributed by atoms with Crippen molar-refractivity contribution in [3.8, 4) is 6.07 Å². The first-order chi connectivity index (χ1) is 14.7. The maximum Gasteiger partial charge on any atom is 0.255 e. The van der Waals surface area contributed by atoms with Gasteiger partial charge in [0.25, 0.3) is 5.91 Å². The molecule has 2 aromatic carbocycles. The number of nitrogens with one attached hydrogen (secondary N) is 1. The number of amides is 1. The molecular formula is C24H23N5O. The van der Waals surface area contributed by atoms with E-state index in [-0.39, 0.29) is 5.91 Å². The van der Waals surface area contributed by atoms with E-state index < -0.39 is 0 Å². The number of benzene rings is 2. The van der Waals surface area contributed by atoms with Crippen molar-refractivity contribution in [1.82, 2.24) is 14.8 Å². The second-order valence-electron chi connectivity index (χ2n) is 7.30. The number of pyridine rings is 1. The number of hydrogen-bond donors (Lipinski definition) is 1. The highest BCUT2D eigenvalue weighted by Gasteiger charge is 2.22. The lowest BCUT2D eigenvalue weighted by atomic mass is 10.2. The molecule has 4 rings (SSSR count). The molecule has 0 bridgehead atoms. The number of nitriles is 1. The molecule has 1 aliphatic rings. The third-order valence-corrected chi connectivity index (χ3v) is 5.18. The zero-order valence-corrected chi connectivity index (χ0v) is 16.7. The van der Waals surface area contributed by atoms with Gasteiger partial charge in [0.1, 0.15) is 5.82 Å². The van der Waals surface area contributed by atoms with E-state index in [1.165, 1.54) is 5.56 Å². The summed E-state index contributed by atoms with van der Waals surface area (Å²) in [7, 11) is 0. The van der Waals surface area contributed by atoms with Crippen molar-refractivity contribution >= 4 is 17.4 Å². The average Bonchev–Trinajstić information content (AvgIpc) is 2.80. The van der Waals surface area contributed by atoms with Crippen molar-refractivity contribution in [3.63, 3.8) is 0 Å². The molecule has 6 heteroatoms. The van der Waals surface area contributed by atoms with Crippen molar-refractivity contribution in [3.05, 3.63) is 89.6 Å². The highest BCUT2D eigenvalue weighted by atomic mass is 16.2. The van der Waals surface area contributed by atoms with E-state index >= 15 is 0 Å². The maximum atomic E-state index is 12.8. The number of anilines is 2. The summed E-state index contributed by atoms with van der Waals surface area (Å²) in [6.07, 6.45) is 1.61. The lowest BCUT2D eigenvalue weighted by molar-refractivity contribution is 0.0628. The smallest absolute Gasteiger partial charge is 0.255 e. The molecule has 0 unspecified atom stereocenters. The lowest BCUT2D eigenvalue weighted by Crippen LogP contribution is -2.48. The standard InChI is InChI=1S/C24H23N5O/c25-16-20-7-4-8-22(15-20)27-23-10-9-21(17-26-23)24(30)29-13-11-28(12-14-29)18-19-5-2-1-3-6-19/h1-10,15,17H,11-14,18H2,(H,26,27). The van der Waals surface area contributed by atoms with Crippen LogP contribution in [0.2, 0.25) is 0 Å². The normalized spacial score (nSPS) is 14.2. The quantitative estimate of drug-likeness (QED) is 0.711. The Kier molecular flexibility index (Phi) is 6.02. The SMILES string of the molecule is N#Cc1cccc(Nc2ccc(C(=O)N3CCN(Cc4ccccc4)CC3)cn2)c1. The molecule has 30 heavy (non-hydrogen) atoms. The number of carbonyl (C=O) groups excluding carboxylic acids is 1. The molecule has 0 atom stereocenters. The molecule has 1 fully saturated rings. The van der Waals surface area contributed by atoms with E-state index in [1.54, 1.807) is 30.5 Å². The second kappa shape index (κ2) is 9.21. The summed E-state index contributed by atoms with van der Waals surface area (Å²) >= 11 is 0. The summed E-state index contributed by atoms with van der Waals surface area (Å²) < 4.78 is 0. The molecule has 1 aliphatic heterocycles. The van der Waals surface area contributed by atoms with Crippen LogP contribution in [0.1, 0.15) is 21.5 Å². The molecule has 2 heterocycles. The fourth-order valence-corrected chi connectivity index (χ4v) is 3.54. The molecule has 1 N–H and O–H groups in total. The Morgan fingerprint density at radius 2 is 1.80 bits per heavy atom. The van der Waals surface area contributed by atoms with E-state index in [4.69, 9.17) is 5.26 Å². The molecule has 6 nitrogen and oxygen atoms in total. The van der Waals surface area contributed by atoms with Crippen molar-refractivity contribution in [2.75, 3.05) is 31.5 Å². The molecule has 0 saturated carbocycles. The van der Waals surface area contributed by atoms with Crippen LogP contribution in [0, 0.1) is 11.3 Å². The molecule has 3 aromatic rings. The summed E-state index contributed by atoms with van der Waals surface area (Å²) in [5.41, 5.74) is 3.25. The van der Waals surface area contributed by atoms with Crippen LogP contribution in [0.3, 0.4) is 0 Å². The Labute approximate surface area is 176 Å². The first-order valence-electron chi connectivity index (χ1n) is 10.00. The molecular weight excluding hydrogens is 374 g/mol. The first kappa shape index (κ1) is 19.6. The van der Waals surface area contributed by atoms with Gasteiger partial charge in [-0.15, -0.1) is 0 Å². The molecule has 150 valence electrons. The average molecular weight is 397 g/mol. The zero-order chi connectivity index (χ0) is 20.8. The number of rotatable bonds is 5. The van der Waals surface area contributed by atoms with Gasteiger partial charge in [-0.05, 0) is 35.9 Å². The summed E-state index contributed by atoms with van der Waals surface area (Å²) in [5, 5.41) is 12.2. The fraction of sp³-hybridized carbons (Fsp3) is 0.208. The highest BCUT2D eigenvalue weighted by molar-refractivity contribution is 5.94. The minimum absolute atomic E-state index is 0.0138. The van der Waals surface area contributed by atoms with Gasteiger partial charge in [-0.2, -0.15) is 5.26 Å². The Morgan fingerprint density at radius 1 is 1.00 bits per heavy atom. The van der Waals surface area contributed by atoms with Gasteiger partial charge < -0.3 is 10.2 Å². The van der Waals surface area contributed by atoms with Crippen molar-refractivity contribution in [1.29, 1.82) is 5.26 Å². The van der Waals surface area contributed by atoms with E-state index in [1.807, 2.05) is 23.1 Å². The van der Waals surface area contributed by atoms with Crippen LogP contribution in [0.5, 0.6) is 0 Å². The molecule has 0 spiro atoms. The second-order valence-corrected chi connectivity index (χ2v) is 7.30. The van der Waals surface area contributed by atoms with Crippen LogP contribution < -0.4 is 5.32 Å². The van der Waals surface area contributed by atoms with Crippen molar-refractivity contribution < 1.29 is 4.79 Å². The van der Waals surface area contributed by atoms with Crippen LogP contribution in [0.25, 0.3) is 0 Å². The minimum atomic E-state index is 0.0138. The predicted molar refractivity (Wildman–Crippen MR) is 116 cm³/mol. The predicted octanol–water partition coefficient (Wildman–Crippen LogP) is 3.65. The summed E-state index contributed by atoms with van der Waals surface area (Å²) in [6.45, 7) is 4.07. The van der Waals surface area contributed by atoms with Crippen molar-refractivity contribution in [2.24, 2.45) is 0 Å². The topological polar surface area (TPSA) is 72.3 Å². The minimum Gasteiger partial charge on any atom is -0.340 e. The van der Waals surface area contributed by atoms with Crippen LogP contribution in [-0.2, 0) is 6.54 Å². The molecule has 1 aromatic heterocycles. The van der Waals surface area contributed by atoms with Gasteiger partial charge in [0.05, 0.1) is 17.2 Å². The zero-order valence-electron chi connectivity index (χ0n) is 16.7. The van der Waals surface area contributed by atoms with Gasteiger partial charge in [0.2, 0.25) is 0 Å². The van der Waals surface area contributed by atoms with Crippen LogP contribution >= 0.6 is 0 Å². The maximum absolute atomic E-state index is 12.8. The number of piperazine rings is 1. The Morgan fingerprint density at radius 3 is 2.50 bits per heavy atom. The highest BCUT2D eigenvalue weighted by Crippen LogP contribution is 2.17. The van der Waals surface area contributed by atoms with Crippen LogP contribution in [0.15, 0.2) is 72.9 Å². The first-order valence-corrected chi connectivity index (χ1v) is 10.00. The number of carbonyl (C=O) groups is 1. The molecule has 1 saturated heterocycles. The van der Waals surface area contributed by atoms with E-state index in [9.17, 15) is 4.79 Å².